The molecule has 19 heavy (non-hydrogen) atoms. The van der Waals surface area contributed by atoms with Crippen LogP contribution in [0.1, 0.15) is 22.5 Å². The van der Waals surface area contributed by atoms with Crippen molar-refractivity contribution in [3.8, 4) is 6.07 Å². The van der Waals surface area contributed by atoms with Crippen LogP contribution in [-0.4, -0.2) is 9.97 Å². The number of H-pyrrole nitrogens is 1. The highest BCUT2D eigenvalue weighted by Crippen LogP contribution is 2.09. The van der Waals surface area contributed by atoms with Gasteiger partial charge in [0.2, 0.25) is 0 Å². The van der Waals surface area contributed by atoms with Gasteiger partial charge in [-0.1, -0.05) is 0 Å². The van der Waals surface area contributed by atoms with E-state index < -0.39 is 0 Å². The molecule has 0 atom stereocenters. The first-order chi connectivity index (χ1) is 9.10. The van der Waals surface area contributed by atoms with E-state index in [0.717, 1.165) is 16.9 Å². The third-order valence-corrected chi connectivity index (χ3v) is 2.84. The van der Waals surface area contributed by atoms with Gasteiger partial charge in [0.05, 0.1) is 11.9 Å². The largest absolute Gasteiger partial charge is 0.379 e. The van der Waals surface area contributed by atoms with Gasteiger partial charge in [-0.05, 0) is 37.6 Å². The molecule has 0 amide bonds. The van der Waals surface area contributed by atoms with Crippen LogP contribution in [0, 0.1) is 25.2 Å². The second-order valence-corrected chi connectivity index (χ2v) is 4.34. The topological polar surface area (TPSA) is 81.6 Å². The third-order valence-electron chi connectivity index (χ3n) is 2.84. The van der Waals surface area contributed by atoms with Gasteiger partial charge in [-0.25, -0.2) is 4.98 Å². The van der Waals surface area contributed by atoms with Gasteiger partial charge in [-0.3, -0.25) is 4.79 Å². The van der Waals surface area contributed by atoms with Gasteiger partial charge >= 0.3 is 0 Å². The van der Waals surface area contributed by atoms with Crippen LogP contribution >= 0.6 is 0 Å². The van der Waals surface area contributed by atoms with Gasteiger partial charge in [0, 0.05) is 17.8 Å². The predicted molar refractivity (Wildman–Crippen MR) is 72.8 cm³/mol. The Morgan fingerprint density at radius 3 is 2.79 bits per heavy atom. The Bertz CT molecular complexity index is 680. The summed E-state index contributed by atoms with van der Waals surface area (Å²) < 4.78 is 0. The minimum absolute atomic E-state index is 0.0772. The first-order valence-corrected chi connectivity index (χ1v) is 5.89. The van der Waals surface area contributed by atoms with Crippen LogP contribution in [0.25, 0.3) is 0 Å². The summed E-state index contributed by atoms with van der Waals surface area (Å²) in [6.45, 7) is 4.20. The smallest absolute Gasteiger partial charge is 0.253 e. The first-order valence-electron chi connectivity index (χ1n) is 5.89. The normalized spacial score (nSPS) is 9.95. The van der Waals surface area contributed by atoms with Crippen molar-refractivity contribution < 1.29 is 0 Å². The van der Waals surface area contributed by atoms with Crippen LogP contribution < -0.4 is 10.9 Å². The van der Waals surface area contributed by atoms with E-state index in [-0.39, 0.29) is 5.56 Å². The molecule has 0 unspecified atom stereocenters. The van der Waals surface area contributed by atoms with Gasteiger partial charge in [0.25, 0.3) is 5.56 Å². The molecule has 0 aliphatic rings. The Hall–Kier alpha value is -2.61. The lowest BCUT2D eigenvalue weighted by atomic mass is 10.1. The van der Waals surface area contributed by atoms with Crippen LogP contribution in [0.2, 0.25) is 0 Å². The molecule has 5 heteroatoms. The number of hydrogen-bond acceptors (Lipinski definition) is 4. The Morgan fingerprint density at radius 1 is 1.42 bits per heavy atom. The fourth-order valence-corrected chi connectivity index (χ4v) is 1.86. The summed E-state index contributed by atoms with van der Waals surface area (Å²) in [4.78, 5) is 18.6. The molecule has 0 saturated heterocycles. The van der Waals surface area contributed by atoms with Crippen LogP contribution in [0.15, 0.2) is 29.2 Å². The van der Waals surface area contributed by atoms with Crippen molar-refractivity contribution in [2.75, 3.05) is 5.32 Å². The highest BCUT2D eigenvalue weighted by molar-refractivity contribution is 5.43. The highest BCUT2D eigenvalue weighted by atomic mass is 16.1. The number of aromatic amines is 1. The highest BCUT2D eigenvalue weighted by Gasteiger charge is 2.05. The van der Waals surface area contributed by atoms with Gasteiger partial charge in [-0.15, -0.1) is 0 Å². The van der Waals surface area contributed by atoms with Crippen molar-refractivity contribution in [2.24, 2.45) is 0 Å². The first kappa shape index (κ1) is 12.8. The molecule has 2 rings (SSSR count). The molecule has 0 bridgehead atoms. The molecule has 0 spiro atoms. The van der Waals surface area contributed by atoms with Crippen LogP contribution in [-0.2, 0) is 6.54 Å². The van der Waals surface area contributed by atoms with E-state index in [0.29, 0.717) is 17.8 Å². The minimum atomic E-state index is -0.0772. The molecular formula is C14H14N4O. The number of nitrogens with zero attached hydrogens (tertiary/aromatic N) is 2. The maximum atomic E-state index is 11.8. The lowest BCUT2D eigenvalue weighted by Crippen LogP contribution is -2.18. The fraction of sp³-hybridized carbons (Fsp3) is 0.214. The van der Waals surface area contributed by atoms with Crippen molar-refractivity contribution in [2.45, 2.75) is 20.4 Å². The average molecular weight is 254 g/mol. The summed E-state index contributed by atoms with van der Waals surface area (Å²) in [5, 5.41) is 11.8. The number of nitrogens with one attached hydrogen (secondary N) is 2. The Morgan fingerprint density at radius 2 is 2.21 bits per heavy atom. The van der Waals surface area contributed by atoms with Crippen LogP contribution in [0.5, 0.6) is 0 Å². The maximum absolute atomic E-state index is 11.8. The van der Waals surface area contributed by atoms with Crippen LogP contribution in [0.4, 0.5) is 5.69 Å². The third kappa shape index (κ3) is 2.99. The van der Waals surface area contributed by atoms with Gasteiger partial charge in [0.15, 0.2) is 0 Å². The summed E-state index contributed by atoms with van der Waals surface area (Å²) in [5.41, 5.74) is 3.58. The van der Waals surface area contributed by atoms with Gasteiger partial charge in [-0.2, -0.15) is 5.26 Å². The zero-order valence-electron chi connectivity index (χ0n) is 10.8. The summed E-state index contributed by atoms with van der Waals surface area (Å²) in [5.74, 6) is 0. The van der Waals surface area contributed by atoms with E-state index in [9.17, 15) is 4.79 Å². The Balaban J connectivity index is 2.15. The monoisotopic (exact) mass is 254 g/mol. The lowest BCUT2D eigenvalue weighted by molar-refractivity contribution is 1.01. The number of aryl methyl sites for hydroxylation is 2. The second-order valence-electron chi connectivity index (χ2n) is 4.34. The summed E-state index contributed by atoms with van der Waals surface area (Å²) in [6, 6.07) is 7.30. The molecule has 2 aromatic heterocycles. The van der Waals surface area contributed by atoms with Gasteiger partial charge < -0.3 is 10.3 Å². The van der Waals surface area contributed by atoms with E-state index in [2.05, 4.69) is 15.3 Å². The molecule has 96 valence electrons. The molecule has 0 aliphatic heterocycles. The number of nitriles is 1. The van der Waals surface area contributed by atoms with Crippen molar-refractivity contribution in [3.05, 3.63) is 57.3 Å². The number of aromatic nitrogens is 2. The molecule has 0 aliphatic carbocycles. The zero-order chi connectivity index (χ0) is 13.8. The van der Waals surface area contributed by atoms with Gasteiger partial charge in [0.1, 0.15) is 11.8 Å². The van der Waals surface area contributed by atoms with E-state index in [1.165, 1.54) is 0 Å². The number of anilines is 1. The fourth-order valence-electron chi connectivity index (χ4n) is 1.86. The average Bonchev–Trinajstić information content (AvgIpc) is 2.38. The van der Waals surface area contributed by atoms with E-state index in [1.807, 2.05) is 26.0 Å². The minimum Gasteiger partial charge on any atom is -0.379 e. The van der Waals surface area contributed by atoms with E-state index in [4.69, 9.17) is 5.26 Å². The molecule has 0 radical (unpaired) electrons. The SMILES string of the molecule is Cc1cc(C)c(CNc2ccc(C#N)nc2)c(=O)[nH]1. The molecule has 2 N–H and O–H groups in total. The zero-order valence-corrected chi connectivity index (χ0v) is 10.8. The van der Waals surface area contributed by atoms with E-state index in [1.54, 1.807) is 18.3 Å². The van der Waals surface area contributed by atoms with Crippen molar-refractivity contribution in [1.29, 1.82) is 5.26 Å². The number of hydrogen-bond donors (Lipinski definition) is 2. The lowest BCUT2D eigenvalue weighted by Gasteiger charge is -2.08. The molecule has 5 nitrogen and oxygen atoms in total. The molecular weight excluding hydrogens is 240 g/mol. The molecule has 0 saturated carbocycles. The molecule has 2 heterocycles. The Labute approximate surface area is 110 Å². The van der Waals surface area contributed by atoms with Crippen molar-refractivity contribution in [3.63, 3.8) is 0 Å². The summed E-state index contributed by atoms with van der Waals surface area (Å²) >= 11 is 0. The standard InChI is InChI=1S/C14H14N4O/c1-9-5-10(2)18-14(19)13(9)8-17-12-4-3-11(6-15)16-7-12/h3-5,7,17H,8H2,1-2H3,(H,18,19). The van der Waals surface area contributed by atoms with Crippen molar-refractivity contribution in [1.82, 2.24) is 9.97 Å². The summed E-state index contributed by atoms with van der Waals surface area (Å²) in [6.07, 6.45) is 1.58. The van der Waals surface area contributed by atoms with Crippen molar-refractivity contribution >= 4 is 5.69 Å². The quantitative estimate of drug-likeness (QED) is 0.876. The second kappa shape index (κ2) is 5.36. The predicted octanol–water partition coefficient (Wildman–Crippen LogP) is 1.87. The van der Waals surface area contributed by atoms with E-state index >= 15 is 0 Å². The van der Waals surface area contributed by atoms with Crippen LogP contribution in [0.3, 0.4) is 0 Å². The number of rotatable bonds is 3. The molecule has 2 aromatic rings. The molecule has 0 fully saturated rings. The Kier molecular flexibility index (Phi) is 3.62. The summed E-state index contributed by atoms with van der Waals surface area (Å²) in [7, 11) is 0. The molecule has 0 aromatic carbocycles. The number of pyridine rings is 2. The maximum Gasteiger partial charge on any atom is 0.253 e.